The minimum atomic E-state index is -0.525. The number of imide groups is 1. The van der Waals surface area contributed by atoms with Crippen LogP contribution in [0.1, 0.15) is 37.3 Å². The molecule has 0 spiro atoms. The Labute approximate surface area is 130 Å². The number of amides is 3. The maximum absolute atomic E-state index is 12.0. The van der Waals surface area contributed by atoms with Crippen molar-refractivity contribution in [2.75, 3.05) is 18.0 Å². The van der Waals surface area contributed by atoms with E-state index in [4.69, 9.17) is 0 Å². The molecule has 1 aromatic carbocycles. The molecule has 22 heavy (non-hydrogen) atoms. The predicted octanol–water partition coefficient (Wildman–Crippen LogP) is 2.64. The minimum Gasteiger partial charge on any atom is -0.370 e. The van der Waals surface area contributed by atoms with Crippen LogP contribution >= 0.6 is 0 Å². The predicted molar refractivity (Wildman–Crippen MR) is 86.6 cm³/mol. The number of rotatable bonds is 2. The third-order valence-electron chi connectivity index (χ3n) is 4.48. The van der Waals surface area contributed by atoms with Crippen molar-refractivity contribution in [1.29, 1.82) is 0 Å². The van der Waals surface area contributed by atoms with Gasteiger partial charge in [0.15, 0.2) is 0 Å². The van der Waals surface area contributed by atoms with Crippen molar-refractivity contribution < 1.29 is 9.59 Å². The molecule has 0 aliphatic carbocycles. The zero-order valence-electron chi connectivity index (χ0n) is 13.2. The summed E-state index contributed by atoms with van der Waals surface area (Å²) < 4.78 is 0. The third-order valence-corrected chi connectivity index (χ3v) is 4.48. The molecular weight excluding hydrogens is 278 g/mol. The number of hydrogen-bond acceptors (Lipinski definition) is 3. The zero-order valence-corrected chi connectivity index (χ0v) is 13.2. The van der Waals surface area contributed by atoms with Crippen molar-refractivity contribution in [2.24, 2.45) is 10.9 Å². The molecule has 1 unspecified atom stereocenters. The molecule has 5 heteroatoms. The Balaban J connectivity index is 1.89. The molecule has 0 bridgehead atoms. The highest BCUT2D eigenvalue weighted by molar-refractivity contribution is 6.17. The maximum Gasteiger partial charge on any atom is 0.347 e. The van der Waals surface area contributed by atoms with Gasteiger partial charge in [-0.1, -0.05) is 26.0 Å². The van der Waals surface area contributed by atoms with Crippen molar-refractivity contribution in [3.63, 3.8) is 0 Å². The second kappa shape index (κ2) is 5.55. The van der Waals surface area contributed by atoms with Crippen LogP contribution in [-0.2, 0) is 4.79 Å². The van der Waals surface area contributed by atoms with Gasteiger partial charge in [-0.3, -0.25) is 10.1 Å². The molecule has 1 N–H and O–H groups in total. The molecule has 1 saturated heterocycles. The van der Waals surface area contributed by atoms with E-state index in [0.717, 1.165) is 12.3 Å². The molecule has 3 rings (SSSR count). The minimum absolute atomic E-state index is 0.225. The molecule has 3 amide bonds. The van der Waals surface area contributed by atoms with Gasteiger partial charge in [0, 0.05) is 30.9 Å². The largest absolute Gasteiger partial charge is 0.370 e. The zero-order chi connectivity index (χ0) is 15.9. The first-order valence-electron chi connectivity index (χ1n) is 7.73. The summed E-state index contributed by atoms with van der Waals surface area (Å²) in [7, 11) is 0. The first-order chi connectivity index (χ1) is 10.5. The summed E-state index contributed by atoms with van der Waals surface area (Å²) in [5, 5.41) is 2.30. The van der Waals surface area contributed by atoms with Gasteiger partial charge < -0.3 is 4.90 Å². The molecule has 116 valence electrons. The highest BCUT2D eigenvalue weighted by Gasteiger charge is 2.36. The van der Waals surface area contributed by atoms with E-state index in [9.17, 15) is 9.59 Å². The number of aryl methyl sites for hydroxylation is 1. The second-order valence-corrected chi connectivity index (χ2v) is 6.35. The fraction of sp³-hybridized carbons (Fsp3) is 0.471. The van der Waals surface area contributed by atoms with Crippen molar-refractivity contribution >= 4 is 23.3 Å². The maximum atomic E-state index is 12.0. The molecule has 2 heterocycles. The van der Waals surface area contributed by atoms with E-state index in [1.165, 1.54) is 16.8 Å². The molecular formula is C17H21N3O2. The van der Waals surface area contributed by atoms with Gasteiger partial charge in [0.25, 0.3) is 0 Å². The number of fused-ring (bicyclic) bond motifs is 1. The SMILES string of the molecule is Cc1ccc(C(C)C)cc1N1CCC2=NC(=O)NC(=O)C2C1. The number of anilines is 1. The Kier molecular flexibility index (Phi) is 3.72. The molecule has 1 aromatic rings. The number of urea groups is 1. The average Bonchev–Trinajstić information content (AvgIpc) is 2.47. The summed E-state index contributed by atoms with van der Waals surface area (Å²) in [6, 6.07) is 5.99. The van der Waals surface area contributed by atoms with Crippen molar-refractivity contribution in [1.82, 2.24) is 5.32 Å². The smallest absolute Gasteiger partial charge is 0.347 e. The van der Waals surface area contributed by atoms with E-state index in [0.29, 0.717) is 18.9 Å². The lowest BCUT2D eigenvalue weighted by Crippen LogP contribution is -2.52. The van der Waals surface area contributed by atoms with Crippen LogP contribution in [0.3, 0.4) is 0 Å². The standard InChI is InChI=1S/C17H21N3O2/c1-10(2)12-5-4-11(3)15(8-12)20-7-6-14-13(9-20)16(21)19-17(22)18-14/h4-5,8,10,13H,6-7,9H2,1-3H3,(H,19,21,22). The van der Waals surface area contributed by atoms with Crippen LogP contribution in [0.25, 0.3) is 0 Å². The molecule has 0 radical (unpaired) electrons. The molecule has 2 aliphatic rings. The average molecular weight is 299 g/mol. The number of carbonyl (C=O) groups is 2. The van der Waals surface area contributed by atoms with Crippen LogP contribution < -0.4 is 10.2 Å². The number of piperidine rings is 1. The van der Waals surface area contributed by atoms with E-state index in [1.54, 1.807) is 0 Å². The molecule has 1 atom stereocenters. The number of benzene rings is 1. The van der Waals surface area contributed by atoms with Gasteiger partial charge in [0.2, 0.25) is 5.91 Å². The third kappa shape index (κ3) is 2.63. The van der Waals surface area contributed by atoms with Crippen LogP contribution in [0.2, 0.25) is 0 Å². The highest BCUT2D eigenvalue weighted by atomic mass is 16.2. The Morgan fingerprint density at radius 3 is 2.82 bits per heavy atom. The van der Waals surface area contributed by atoms with E-state index in [1.807, 2.05) is 0 Å². The fourth-order valence-corrected chi connectivity index (χ4v) is 3.10. The first-order valence-corrected chi connectivity index (χ1v) is 7.73. The van der Waals surface area contributed by atoms with Gasteiger partial charge in [-0.25, -0.2) is 9.79 Å². The van der Waals surface area contributed by atoms with Gasteiger partial charge in [0.1, 0.15) is 0 Å². The molecule has 5 nitrogen and oxygen atoms in total. The van der Waals surface area contributed by atoms with E-state index in [2.05, 4.69) is 54.2 Å². The van der Waals surface area contributed by atoms with Crippen LogP contribution in [0.15, 0.2) is 23.2 Å². The summed E-state index contributed by atoms with van der Waals surface area (Å²) in [6.07, 6.45) is 0.662. The van der Waals surface area contributed by atoms with Crippen LogP contribution in [0.5, 0.6) is 0 Å². The Morgan fingerprint density at radius 2 is 2.09 bits per heavy atom. The van der Waals surface area contributed by atoms with Crippen molar-refractivity contribution in [3.05, 3.63) is 29.3 Å². The summed E-state index contributed by atoms with van der Waals surface area (Å²) in [5.41, 5.74) is 4.40. The first kappa shape index (κ1) is 14.8. The number of nitrogens with zero attached hydrogens (tertiary/aromatic N) is 2. The van der Waals surface area contributed by atoms with Crippen molar-refractivity contribution in [2.45, 2.75) is 33.1 Å². The topological polar surface area (TPSA) is 61.8 Å². The lowest BCUT2D eigenvalue weighted by molar-refractivity contribution is -0.122. The molecule has 2 aliphatic heterocycles. The quantitative estimate of drug-likeness (QED) is 0.913. The van der Waals surface area contributed by atoms with Gasteiger partial charge in [-0.15, -0.1) is 0 Å². The Morgan fingerprint density at radius 1 is 1.32 bits per heavy atom. The fourth-order valence-electron chi connectivity index (χ4n) is 3.10. The van der Waals surface area contributed by atoms with Crippen LogP contribution in [0, 0.1) is 12.8 Å². The number of hydrogen-bond donors (Lipinski definition) is 1. The number of aliphatic imine (C=N–C) groups is 1. The number of carbonyl (C=O) groups excluding carboxylic acids is 2. The van der Waals surface area contributed by atoms with E-state index < -0.39 is 6.03 Å². The summed E-state index contributed by atoms with van der Waals surface area (Å²) in [6.45, 7) is 7.82. The summed E-state index contributed by atoms with van der Waals surface area (Å²) in [5.74, 6) is -0.0669. The lowest BCUT2D eigenvalue weighted by Gasteiger charge is -2.36. The Bertz CT molecular complexity index is 664. The van der Waals surface area contributed by atoms with Gasteiger partial charge in [-0.05, 0) is 30.0 Å². The number of nitrogens with one attached hydrogen (secondary N) is 1. The normalized spacial score (nSPS) is 21.5. The summed E-state index contributed by atoms with van der Waals surface area (Å²) in [4.78, 5) is 29.6. The lowest BCUT2D eigenvalue weighted by atomic mass is 9.92. The molecule has 0 aromatic heterocycles. The van der Waals surface area contributed by atoms with Crippen LogP contribution in [0.4, 0.5) is 10.5 Å². The van der Waals surface area contributed by atoms with Gasteiger partial charge >= 0.3 is 6.03 Å². The molecule has 0 saturated carbocycles. The summed E-state index contributed by atoms with van der Waals surface area (Å²) >= 11 is 0. The monoisotopic (exact) mass is 299 g/mol. The van der Waals surface area contributed by atoms with Crippen LogP contribution in [-0.4, -0.2) is 30.7 Å². The highest BCUT2D eigenvalue weighted by Crippen LogP contribution is 2.29. The van der Waals surface area contributed by atoms with Crippen molar-refractivity contribution in [3.8, 4) is 0 Å². The van der Waals surface area contributed by atoms with Gasteiger partial charge in [-0.2, -0.15) is 0 Å². The second-order valence-electron chi connectivity index (χ2n) is 6.35. The molecule has 1 fully saturated rings. The van der Waals surface area contributed by atoms with Gasteiger partial charge in [0.05, 0.1) is 5.92 Å². The van der Waals surface area contributed by atoms with E-state index >= 15 is 0 Å². The Hall–Kier alpha value is -2.17. The van der Waals surface area contributed by atoms with E-state index in [-0.39, 0.29) is 11.8 Å².